The first-order chi connectivity index (χ1) is 12.2. The zero-order chi connectivity index (χ0) is 17.2. The fourth-order valence-corrected chi connectivity index (χ4v) is 4.13. The summed E-state index contributed by atoms with van der Waals surface area (Å²) >= 11 is 0. The lowest BCUT2D eigenvalue weighted by Gasteiger charge is -2.29. The molecule has 5 nitrogen and oxygen atoms in total. The minimum atomic E-state index is -0.385. The number of hydrogen-bond donors (Lipinski definition) is 0. The van der Waals surface area contributed by atoms with Gasteiger partial charge < -0.3 is 14.5 Å². The molecule has 0 spiro atoms. The Morgan fingerprint density at radius 3 is 2.80 bits per heavy atom. The Balaban J connectivity index is 1.53. The molecular weight excluding hydrogens is 319 g/mol. The highest BCUT2D eigenvalue weighted by molar-refractivity contribution is 5.90. The van der Waals surface area contributed by atoms with Crippen LogP contribution in [0.2, 0.25) is 0 Å². The second kappa shape index (κ2) is 7.12. The van der Waals surface area contributed by atoms with Crippen LogP contribution in [0.3, 0.4) is 0 Å². The van der Waals surface area contributed by atoms with Crippen molar-refractivity contribution in [3.05, 3.63) is 24.3 Å². The van der Waals surface area contributed by atoms with Gasteiger partial charge in [-0.05, 0) is 44.3 Å². The van der Waals surface area contributed by atoms with Gasteiger partial charge in [-0.25, -0.2) is 14.4 Å². The summed E-state index contributed by atoms with van der Waals surface area (Å²) in [6.45, 7) is 5.65. The van der Waals surface area contributed by atoms with Crippen molar-refractivity contribution < 1.29 is 9.13 Å². The van der Waals surface area contributed by atoms with Gasteiger partial charge in [0.15, 0.2) is 11.6 Å². The van der Waals surface area contributed by atoms with Crippen molar-refractivity contribution in [3.63, 3.8) is 0 Å². The Labute approximate surface area is 147 Å². The molecule has 0 bridgehead atoms. The van der Waals surface area contributed by atoms with Crippen molar-refractivity contribution in [3.8, 4) is 5.75 Å². The van der Waals surface area contributed by atoms with Gasteiger partial charge in [-0.2, -0.15) is 0 Å². The topological polar surface area (TPSA) is 41.5 Å². The van der Waals surface area contributed by atoms with Crippen LogP contribution in [0.4, 0.5) is 10.2 Å². The number of fused-ring (bicyclic) bond motifs is 1. The van der Waals surface area contributed by atoms with Gasteiger partial charge >= 0.3 is 0 Å². The molecule has 2 aliphatic rings. The third-order valence-electron chi connectivity index (χ3n) is 5.44. The largest absolute Gasteiger partial charge is 0.494 e. The van der Waals surface area contributed by atoms with Gasteiger partial charge in [0.25, 0.3) is 0 Å². The number of methoxy groups -OCH3 is 1. The number of likely N-dealkylation sites (tertiary alicyclic amines) is 1. The standard InChI is InChI=1S/C19H25FN4O/c1-25-18-9-15-17(10-16(18)20)21-13-22-19(15)24-8-5-14(12-24)11-23-6-3-2-4-7-23/h9-10,13-14H,2-8,11-12H2,1H3. The average Bonchev–Trinajstić information content (AvgIpc) is 3.09. The molecule has 2 aromatic rings. The van der Waals surface area contributed by atoms with Gasteiger partial charge in [0.1, 0.15) is 12.1 Å². The van der Waals surface area contributed by atoms with Crippen LogP contribution in [0.25, 0.3) is 10.9 Å². The molecule has 4 rings (SSSR count). The van der Waals surface area contributed by atoms with Crippen LogP contribution < -0.4 is 9.64 Å². The Morgan fingerprint density at radius 2 is 2.00 bits per heavy atom. The number of ether oxygens (including phenoxy) is 1. The second-order valence-corrected chi connectivity index (χ2v) is 7.16. The van der Waals surface area contributed by atoms with Gasteiger partial charge in [0, 0.05) is 31.1 Å². The van der Waals surface area contributed by atoms with Crippen molar-refractivity contribution in [1.82, 2.24) is 14.9 Å². The summed E-state index contributed by atoms with van der Waals surface area (Å²) in [7, 11) is 1.48. The van der Waals surface area contributed by atoms with Crippen LogP contribution in [0, 0.1) is 11.7 Å². The molecule has 3 heterocycles. The Kier molecular flexibility index (Phi) is 4.70. The number of rotatable bonds is 4. The van der Waals surface area contributed by atoms with Crippen molar-refractivity contribution in [2.75, 3.05) is 44.7 Å². The summed E-state index contributed by atoms with van der Waals surface area (Å²) < 4.78 is 19.1. The van der Waals surface area contributed by atoms with E-state index in [0.717, 1.165) is 24.3 Å². The summed E-state index contributed by atoms with van der Waals surface area (Å²) in [5.74, 6) is 1.42. The molecule has 0 radical (unpaired) electrons. The lowest BCUT2D eigenvalue weighted by atomic mass is 10.1. The van der Waals surface area contributed by atoms with Crippen LogP contribution in [0.15, 0.2) is 18.5 Å². The average molecular weight is 344 g/mol. The highest BCUT2D eigenvalue weighted by Gasteiger charge is 2.27. The number of piperidine rings is 1. The van der Waals surface area contributed by atoms with Crippen LogP contribution in [0.5, 0.6) is 5.75 Å². The van der Waals surface area contributed by atoms with E-state index < -0.39 is 0 Å². The summed E-state index contributed by atoms with van der Waals surface area (Å²) in [6, 6.07) is 3.15. The van der Waals surface area contributed by atoms with E-state index in [1.165, 1.54) is 64.8 Å². The monoisotopic (exact) mass is 344 g/mol. The third kappa shape index (κ3) is 3.40. The normalized spacial score (nSPS) is 21.8. The SMILES string of the molecule is COc1cc2c(N3CCC(CN4CCCCC4)C3)ncnc2cc1F. The zero-order valence-electron chi connectivity index (χ0n) is 14.7. The molecule has 2 fully saturated rings. The molecule has 2 aliphatic heterocycles. The van der Waals surface area contributed by atoms with Gasteiger partial charge in [-0.1, -0.05) is 6.42 Å². The van der Waals surface area contributed by atoms with Crippen LogP contribution in [-0.4, -0.2) is 54.7 Å². The van der Waals surface area contributed by atoms with Crippen molar-refractivity contribution >= 4 is 16.7 Å². The molecule has 25 heavy (non-hydrogen) atoms. The second-order valence-electron chi connectivity index (χ2n) is 7.16. The minimum Gasteiger partial charge on any atom is -0.494 e. The number of halogens is 1. The summed E-state index contributed by atoms with van der Waals surface area (Å²) in [4.78, 5) is 13.6. The summed E-state index contributed by atoms with van der Waals surface area (Å²) in [5, 5.41) is 0.861. The van der Waals surface area contributed by atoms with Gasteiger partial charge in [-0.3, -0.25) is 0 Å². The number of benzene rings is 1. The van der Waals surface area contributed by atoms with Crippen LogP contribution >= 0.6 is 0 Å². The molecule has 2 saturated heterocycles. The van der Waals surface area contributed by atoms with Gasteiger partial charge in [0.2, 0.25) is 0 Å². The van der Waals surface area contributed by atoms with E-state index in [2.05, 4.69) is 19.8 Å². The minimum absolute atomic E-state index is 0.243. The van der Waals surface area contributed by atoms with Crippen LogP contribution in [0.1, 0.15) is 25.7 Å². The molecule has 6 heteroatoms. The highest BCUT2D eigenvalue weighted by atomic mass is 19.1. The molecule has 134 valence electrons. The van der Waals surface area contributed by atoms with Gasteiger partial charge in [-0.15, -0.1) is 0 Å². The smallest absolute Gasteiger partial charge is 0.167 e. The highest BCUT2D eigenvalue weighted by Crippen LogP contribution is 2.32. The lowest BCUT2D eigenvalue weighted by molar-refractivity contribution is 0.201. The number of aromatic nitrogens is 2. The van der Waals surface area contributed by atoms with E-state index in [0.29, 0.717) is 11.4 Å². The summed E-state index contributed by atoms with van der Waals surface area (Å²) in [5.41, 5.74) is 0.628. The maximum atomic E-state index is 13.9. The molecule has 1 unspecified atom stereocenters. The Morgan fingerprint density at radius 1 is 1.16 bits per heavy atom. The zero-order valence-corrected chi connectivity index (χ0v) is 14.7. The molecular formula is C19H25FN4O. The number of hydrogen-bond acceptors (Lipinski definition) is 5. The number of anilines is 1. The van der Waals surface area contributed by atoms with Crippen molar-refractivity contribution in [1.29, 1.82) is 0 Å². The van der Waals surface area contributed by atoms with E-state index in [4.69, 9.17) is 4.74 Å². The fraction of sp³-hybridized carbons (Fsp3) is 0.579. The molecule has 0 aliphatic carbocycles. The molecule has 0 N–H and O–H groups in total. The predicted molar refractivity (Wildman–Crippen MR) is 96.7 cm³/mol. The first-order valence-corrected chi connectivity index (χ1v) is 9.20. The molecule has 1 aromatic carbocycles. The maximum Gasteiger partial charge on any atom is 0.167 e. The van der Waals surface area contributed by atoms with E-state index in [1.807, 2.05) is 0 Å². The maximum absolute atomic E-state index is 13.9. The Bertz CT molecular complexity index is 748. The fourth-order valence-electron chi connectivity index (χ4n) is 4.13. The van der Waals surface area contributed by atoms with Crippen molar-refractivity contribution in [2.24, 2.45) is 5.92 Å². The van der Waals surface area contributed by atoms with Crippen molar-refractivity contribution in [2.45, 2.75) is 25.7 Å². The van der Waals surface area contributed by atoms with E-state index >= 15 is 0 Å². The predicted octanol–water partition coefficient (Wildman–Crippen LogP) is 3.09. The summed E-state index contributed by atoms with van der Waals surface area (Å²) in [6.07, 6.45) is 6.75. The molecule has 1 aromatic heterocycles. The number of nitrogens with zero attached hydrogens (tertiary/aromatic N) is 4. The quantitative estimate of drug-likeness (QED) is 0.852. The molecule has 0 amide bonds. The van der Waals surface area contributed by atoms with Gasteiger partial charge in [0.05, 0.1) is 12.6 Å². The van der Waals surface area contributed by atoms with Crippen LogP contribution in [-0.2, 0) is 0 Å². The molecule has 0 saturated carbocycles. The third-order valence-corrected chi connectivity index (χ3v) is 5.44. The van der Waals surface area contributed by atoms with E-state index in [1.54, 1.807) is 6.07 Å². The molecule has 1 atom stereocenters. The first kappa shape index (κ1) is 16.5. The van der Waals surface area contributed by atoms with E-state index in [9.17, 15) is 4.39 Å². The first-order valence-electron chi connectivity index (χ1n) is 9.20. The Hall–Kier alpha value is -1.95. The van der Waals surface area contributed by atoms with E-state index in [-0.39, 0.29) is 11.6 Å². The lowest BCUT2D eigenvalue weighted by Crippen LogP contribution is -2.35.